The molecule has 0 aliphatic carbocycles. The van der Waals surface area contributed by atoms with Gasteiger partial charge in [0.05, 0.1) is 4.91 Å². The first kappa shape index (κ1) is 9.08. The van der Waals surface area contributed by atoms with Crippen molar-refractivity contribution in [1.82, 2.24) is 5.32 Å². The number of carbonyl (C=O) groups is 2. The van der Waals surface area contributed by atoms with Crippen LogP contribution in [-0.4, -0.2) is 11.1 Å². The molecule has 4 nitrogen and oxygen atoms in total. The number of aryl methyl sites for hydroxylation is 1. The highest BCUT2D eigenvalue weighted by Crippen LogP contribution is 2.25. The zero-order valence-electron chi connectivity index (χ0n) is 7.37. The van der Waals surface area contributed by atoms with Crippen LogP contribution in [0.5, 0.6) is 0 Å². The van der Waals surface area contributed by atoms with Crippen LogP contribution in [0.1, 0.15) is 11.5 Å². The number of hydrogen-bond donors (Lipinski definition) is 1. The number of amides is 2. The molecule has 1 aromatic rings. The van der Waals surface area contributed by atoms with Crippen LogP contribution < -0.4 is 5.32 Å². The Morgan fingerprint density at radius 1 is 1.43 bits per heavy atom. The van der Waals surface area contributed by atoms with Gasteiger partial charge in [0.15, 0.2) is 0 Å². The number of thioether (sulfide) groups is 1. The highest BCUT2D eigenvalue weighted by atomic mass is 32.2. The van der Waals surface area contributed by atoms with Gasteiger partial charge >= 0.3 is 0 Å². The number of carbonyl (C=O) groups excluding carboxylic acids is 2. The van der Waals surface area contributed by atoms with E-state index >= 15 is 0 Å². The average molecular weight is 209 g/mol. The molecule has 0 spiro atoms. The van der Waals surface area contributed by atoms with E-state index in [2.05, 4.69) is 5.32 Å². The van der Waals surface area contributed by atoms with Crippen molar-refractivity contribution in [2.75, 3.05) is 0 Å². The molecule has 1 fully saturated rings. The number of imide groups is 1. The van der Waals surface area contributed by atoms with Gasteiger partial charge in [-0.15, -0.1) is 0 Å². The van der Waals surface area contributed by atoms with Crippen molar-refractivity contribution in [3.8, 4) is 0 Å². The SMILES string of the molecule is Cc1ccc(/C=C2/SC(=O)NC2=O)o1. The molecule has 2 rings (SSSR count). The Balaban J connectivity index is 2.27. The van der Waals surface area contributed by atoms with E-state index < -0.39 is 0 Å². The third-order valence-electron chi connectivity index (χ3n) is 1.68. The fraction of sp³-hybridized carbons (Fsp3) is 0.111. The molecule has 1 saturated heterocycles. The fourth-order valence-electron chi connectivity index (χ4n) is 1.08. The van der Waals surface area contributed by atoms with Crippen LogP contribution in [0.3, 0.4) is 0 Å². The van der Waals surface area contributed by atoms with E-state index in [1.165, 1.54) is 0 Å². The molecule has 1 aliphatic rings. The smallest absolute Gasteiger partial charge is 0.290 e. The third-order valence-corrected chi connectivity index (χ3v) is 2.49. The Morgan fingerprint density at radius 3 is 2.71 bits per heavy atom. The van der Waals surface area contributed by atoms with Crippen molar-refractivity contribution >= 4 is 29.0 Å². The molecule has 2 heterocycles. The van der Waals surface area contributed by atoms with Crippen LogP contribution in [-0.2, 0) is 4.79 Å². The van der Waals surface area contributed by atoms with Gasteiger partial charge in [0.2, 0.25) is 0 Å². The molecule has 14 heavy (non-hydrogen) atoms. The first-order valence-corrected chi connectivity index (χ1v) is 4.78. The van der Waals surface area contributed by atoms with Crippen molar-refractivity contribution in [1.29, 1.82) is 0 Å². The van der Waals surface area contributed by atoms with Crippen LogP contribution in [0.25, 0.3) is 6.08 Å². The molecule has 0 radical (unpaired) electrons. The van der Waals surface area contributed by atoms with Gasteiger partial charge in [0.1, 0.15) is 11.5 Å². The van der Waals surface area contributed by atoms with Gasteiger partial charge in [-0.2, -0.15) is 0 Å². The lowest BCUT2D eigenvalue weighted by Gasteiger charge is -1.88. The molecule has 1 aromatic heterocycles. The summed E-state index contributed by atoms with van der Waals surface area (Å²) in [4.78, 5) is 22.3. The fourth-order valence-corrected chi connectivity index (χ4v) is 1.74. The second-order valence-corrected chi connectivity index (χ2v) is 3.82. The molecule has 0 aromatic carbocycles. The van der Waals surface area contributed by atoms with E-state index in [1.807, 2.05) is 6.92 Å². The second kappa shape index (κ2) is 3.34. The minimum atomic E-state index is -0.367. The van der Waals surface area contributed by atoms with E-state index in [4.69, 9.17) is 4.42 Å². The maximum Gasteiger partial charge on any atom is 0.290 e. The summed E-state index contributed by atoms with van der Waals surface area (Å²) in [6.07, 6.45) is 1.55. The van der Waals surface area contributed by atoms with Crippen molar-refractivity contribution in [2.45, 2.75) is 6.92 Å². The van der Waals surface area contributed by atoms with Crippen LogP contribution in [0.4, 0.5) is 4.79 Å². The van der Waals surface area contributed by atoms with E-state index in [0.29, 0.717) is 10.7 Å². The van der Waals surface area contributed by atoms with Crippen molar-refractivity contribution in [2.24, 2.45) is 0 Å². The first-order valence-electron chi connectivity index (χ1n) is 3.96. The summed E-state index contributed by atoms with van der Waals surface area (Å²) in [6, 6.07) is 3.55. The molecule has 0 unspecified atom stereocenters. The summed E-state index contributed by atoms with van der Waals surface area (Å²) < 4.78 is 5.25. The zero-order valence-corrected chi connectivity index (χ0v) is 8.18. The predicted molar refractivity (Wildman–Crippen MR) is 52.6 cm³/mol. The van der Waals surface area contributed by atoms with Gasteiger partial charge in [-0.3, -0.25) is 14.9 Å². The quantitative estimate of drug-likeness (QED) is 0.718. The van der Waals surface area contributed by atoms with Gasteiger partial charge in [-0.1, -0.05) is 0 Å². The molecule has 5 heteroatoms. The van der Waals surface area contributed by atoms with E-state index in [9.17, 15) is 9.59 Å². The van der Waals surface area contributed by atoms with E-state index in [1.54, 1.807) is 18.2 Å². The van der Waals surface area contributed by atoms with Crippen LogP contribution >= 0.6 is 11.8 Å². The Hall–Kier alpha value is -1.49. The maximum absolute atomic E-state index is 11.1. The number of hydrogen-bond acceptors (Lipinski definition) is 4. The molecule has 0 atom stereocenters. The lowest BCUT2D eigenvalue weighted by molar-refractivity contribution is -0.115. The highest BCUT2D eigenvalue weighted by Gasteiger charge is 2.25. The van der Waals surface area contributed by atoms with Gasteiger partial charge in [-0.25, -0.2) is 0 Å². The Labute approximate surface area is 84.4 Å². The molecular weight excluding hydrogens is 202 g/mol. The molecule has 2 amide bonds. The average Bonchev–Trinajstić information content (AvgIpc) is 2.61. The number of furan rings is 1. The van der Waals surface area contributed by atoms with E-state index in [0.717, 1.165) is 17.5 Å². The molecule has 1 aliphatic heterocycles. The Kier molecular flexibility index (Phi) is 2.17. The Bertz CT molecular complexity index is 433. The van der Waals surface area contributed by atoms with Gasteiger partial charge in [0.25, 0.3) is 11.1 Å². The molecule has 0 saturated carbocycles. The summed E-state index contributed by atoms with van der Waals surface area (Å²) in [6.45, 7) is 1.81. The predicted octanol–water partition coefficient (Wildman–Crippen LogP) is 1.91. The molecule has 0 bridgehead atoms. The van der Waals surface area contributed by atoms with Crippen LogP contribution in [0.2, 0.25) is 0 Å². The largest absolute Gasteiger partial charge is 0.462 e. The van der Waals surface area contributed by atoms with Gasteiger partial charge < -0.3 is 4.42 Å². The lowest BCUT2D eigenvalue weighted by atomic mass is 10.4. The first-order chi connectivity index (χ1) is 6.65. The summed E-state index contributed by atoms with van der Waals surface area (Å²) in [5, 5.41) is 1.83. The summed E-state index contributed by atoms with van der Waals surface area (Å²) >= 11 is 0.879. The maximum atomic E-state index is 11.1. The standard InChI is InChI=1S/C9H7NO3S/c1-5-2-3-6(13-5)4-7-8(11)10-9(12)14-7/h2-4H,1H3,(H,10,11,12)/b7-4+. The second-order valence-electron chi connectivity index (χ2n) is 2.80. The number of nitrogens with one attached hydrogen (secondary N) is 1. The monoisotopic (exact) mass is 209 g/mol. The minimum Gasteiger partial charge on any atom is -0.462 e. The molecule has 72 valence electrons. The zero-order chi connectivity index (χ0) is 10.1. The minimum absolute atomic E-state index is 0.343. The lowest BCUT2D eigenvalue weighted by Crippen LogP contribution is -2.17. The summed E-state index contributed by atoms with van der Waals surface area (Å²) in [7, 11) is 0. The van der Waals surface area contributed by atoms with E-state index in [-0.39, 0.29) is 11.1 Å². The number of rotatable bonds is 1. The normalized spacial score (nSPS) is 19.1. The third kappa shape index (κ3) is 1.72. The Morgan fingerprint density at radius 2 is 2.21 bits per heavy atom. The van der Waals surface area contributed by atoms with Crippen molar-refractivity contribution in [3.05, 3.63) is 28.6 Å². The van der Waals surface area contributed by atoms with Gasteiger partial charge in [-0.05, 0) is 30.8 Å². The van der Waals surface area contributed by atoms with Crippen LogP contribution in [0.15, 0.2) is 21.5 Å². The molecule has 1 N–H and O–H groups in total. The van der Waals surface area contributed by atoms with Gasteiger partial charge in [0, 0.05) is 6.08 Å². The van der Waals surface area contributed by atoms with Crippen molar-refractivity contribution in [3.63, 3.8) is 0 Å². The molecular formula is C9H7NO3S. The van der Waals surface area contributed by atoms with Crippen molar-refractivity contribution < 1.29 is 14.0 Å². The van der Waals surface area contributed by atoms with Crippen LogP contribution in [0, 0.1) is 6.92 Å². The summed E-state index contributed by atoms with van der Waals surface area (Å²) in [5.74, 6) is 0.982. The topological polar surface area (TPSA) is 59.3 Å². The highest BCUT2D eigenvalue weighted by molar-refractivity contribution is 8.18. The summed E-state index contributed by atoms with van der Waals surface area (Å²) in [5.41, 5.74) is 0.